The van der Waals surface area contributed by atoms with Gasteiger partial charge in [-0.1, -0.05) is 29.8 Å². The van der Waals surface area contributed by atoms with Gasteiger partial charge in [-0.15, -0.1) is 0 Å². The van der Waals surface area contributed by atoms with Crippen LogP contribution in [0.5, 0.6) is 0 Å². The molecule has 1 spiro atoms. The molecule has 1 saturated carbocycles. The van der Waals surface area contributed by atoms with Crippen LogP contribution in [-0.2, 0) is 11.2 Å². The van der Waals surface area contributed by atoms with E-state index in [1.807, 2.05) is 0 Å². The molecule has 2 heteroatoms. The molecule has 0 amide bonds. The molecule has 2 nitrogen and oxygen atoms in total. The molecular formula is C18H26O2. The van der Waals surface area contributed by atoms with E-state index in [-0.39, 0.29) is 11.7 Å². The molecule has 0 aromatic heterocycles. The van der Waals surface area contributed by atoms with Gasteiger partial charge in [0, 0.05) is 6.61 Å². The van der Waals surface area contributed by atoms with Crippen LogP contribution in [0.15, 0.2) is 24.3 Å². The van der Waals surface area contributed by atoms with Crippen molar-refractivity contribution in [3.8, 4) is 0 Å². The number of benzene rings is 1. The number of hydrogen-bond acceptors (Lipinski definition) is 2. The molecule has 1 heterocycles. The summed E-state index contributed by atoms with van der Waals surface area (Å²) < 4.78 is 5.95. The van der Waals surface area contributed by atoms with E-state index in [4.69, 9.17) is 4.74 Å². The summed E-state index contributed by atoms with van der Waals surface area (Å²) in [4.78, 5) is 0. The standard InChI is InChI=1S/C18H26O2/c1-14-3-5-15(6-4-14)7-8-17(19)16-9-12-20-18(13-16)10-2-11-18/h3-6,16-17,19H,2,7-13H2,1H3. The van der Waals surface area contributed by atoms with Crippen LogP contribution in [-0.4, -0.2) is 23.4 Å². The van der Waals surface area contributed by atoms with Crippen molar-refractivity contribution in [2.45, 2.75) is 63.6 Å². The summed E-state index contributed by atoms with van der Waals surface area (Å²) in [6, 6.07) is 8.66. The molecule has 2 unspecified atom stereocenters. The smallest absolute Gasteiger partial charge is 0.0686 e. The highest BCUT2D eigenvalue weighted by Crippen LogP contribution is 2.45. The lowest BCUT2D eigenvalue weighted by Crippen LogP contribution is -2.47. The fourth-order valence-corrected chi connectivity index (χ4v) is 3.62. The van der Waals surface area contributed by atoms with Crippen LogP contribution in [0.2, 0.25) is 0 Å². The van der Waals surface area contributed by atoms with Gasteiger partial charge in [-0.05, 0) is 63.4 Å². The first kappa shape index (κ1) is 14.1. The summed E-state index contributed by atoms with van der Waals surface area (Å²) in [5.74, 6) is 0.439. The molecule has 2 fully saturated rings. The van der Waals surface area contributed by atoms with Gasteiger partial charge in [-0.3, -0.25) is 0 Å². The molecule has 1 N–H and O–H groups in total. The zero-order valence-corrected chi connectivity index (χ0v) is 12.5. The molecule has 1 aliphatic heterocycles. The maximum Gasteiger partial charge on any atom is 0.0686 e. The van der Waals surface area contributed by atoms with Crippen molar-refractivity contribution in [2.75, 3.05) is 6.61 Å². The van der Waals surface area contributed by atoms with E-state index in [2.05, 4.69) is 31.2 Å². The van der Waals surface area contributed by atoms with Crippen molar-refractivity contribution in [2.24, 2.45) is 5.92 Å². The van der Waals surface area contributed by atoms with Crippen LogP contribution in [0.4, 0.5) is 0 Å². The van der Waals surface area contributed by atoms with Gasteiger partial charge in [0.2, 0.25) is 0 Å². The first-order valence-electron chi connectivity index (χ1n) is 8.04. The summed E-state index contributed by atoms with van der Waals surface area (Å²) in [6.07, 6.45) is 7.49. The van der Waals surface area contributed by atoms with Gasteiger partial charge >= 0.3 is 0 Å². The molecular weight excluding hydrogens is 248 g/mol. The summed E-state index contributed by atoms with van der Waals surface area (Å²) in [7, 11) is 0. The quantitative estimate of drug-likeness (QED) is 0.908. The highest BCUT2D eigenvalue weighted by atomic mass is 16.5. The Balaban J connectivity index is 1.51. The first-order chi connectivity index (χ1) is 9.67. The molecule has 2 aliphatic rings. The number of rotatable bonds is 4. The van der Waals surface area contributed by atoms with Crippen molar-refractivity contribution in [3.05, 3.63) is 35.4 Å². The molecule has 20 heavy (non-hydrogen) atoms. The van der Waals surface area contributed by atoms with E-state index >= 15 is 0 Å². The van der Waals surface area contributed by atoms with Crippen molar-refractivity contribution < 1.29 is 9.84 Å². The molecule has 3 rings (SSSR count). The van der Waals surface area contributed by atoms with E-state index in [1.54, 1.807) is 0 Å². The minimum atomic E-state index is -0.169. The molecule has 1 aromatic rings. The highest BCUT2D eigenvalue weighted by molar-refractivity contribution is 5.21. The molecule has 1 aromatic carbocycles. The number of hydrogen-bond donors (Lipinski definition) is 1. The highest BCUT2D eigenvalue weighted by Gasteiger charge is 2.43. The van der Waals surface area contributed by atoms with Crippen LogP contribution in [0.25, 0.3) is 0 Å². The fourth-order valence-electron chi connectivity index (χ4n) is 3.62. The largest absolute Gasteiger partial charge is 0.393 e. The summed E-state index contributed by atoms with van der Waals surface area (Å²) >= 11 is 0. The predicted octanol–water partition coefficient (Wildman–Crippen LogP) is 3.64. The Kier molecular flexibility index (Phi) is 4.13. The maximum atomic E-state index is 10.5. The normalized spacial score (nSPS) is 26.2. The third-order valence-electron chi connectivity index (χ3n) is 5.19. The Hall–Kier alpha value is -0.860. The van der Waals surface area contributed by atoms with Gasteiger partial charge < -0.3 is 9.84 Å². The van der Waals surface area contributed by atoms with Gasteiger partial charge in [0.1, 0.15) is 0 Å². The average Bonchev–Trinajstić information content (AvgIpc) is 2.45. The van der Waals surface area contributed by atoms with Crippen LogP contribution < -0.4 is 0 Å². The minimum absolute atomic E-state index is 0.147. The number of aliphatic hydroxyl groups excluding tert-OH is 1. The van der Waals surface area contributed by atoms with Crippen molar-refractivity contribution in [1.82, 2.24) is 0 Å². The topological polar surface area (TPSA) is 29.5 Å². The van der Waals surface area contributed by atoms with Gasteiger partial charge in [0.15, 0.2) is 0 Å². The van der Waals surface area contributed by atoms with E-state index in [9.17, 15) is 5.11 Å². The van der Waals surface area contributed by atoms with Crippen LogP contribution in [0.3, 0.4) is 0 Å². The number of ether oxygens (including phenoxy) is 1. The predicted molar refractivity (Wildman–Crippen MR) is 80.8 cm³/mol. The second-order valence-corrected chi connectivity index (χ2v) is 6.73. The van der Waals surface area contributed by atoms with Crippen LogP contribution in [0.1, 0.15) is 49.7 Å². The van der Waals surface area contributed by atoms with Crippen molar-refractivity contribution >= 4 is 0 Å². The Labute approximate surface area is 122 Å². The van der Waals surface area contributed by atoms with E-state index in [0.717, 1.165) is 32.3 Å². The number of aliphatic hydroxyl groups is 1. The van der Waals surface area contributed by atoms with Gasteiger partial charge in [-0.2, -0.15) is 0 Å². The first-order valence-corrected chi connectivity index (χ1v) is 8.04. The van der Waals surface area contributed by atoms with E-state index < -0.39 is 0 Å². The second kappa shape index (κ2) is 5.87. The number of aryl methyl sites for hydroxylation is 2. The van der Waals surface area contributed by atoms with Gasteiger partial charge in [0.05, 0.1) is 11.7 Å². The third kappa shape index (κ3) is 3.07. The Morgan fingerprint density at radius 3 is 2.70 bits per heavy atom. The lowest BCUT2D eigenvalue weighted by atomic mass is 9.70. The van der Waals surface area contributed by atoms with Gasteiger partial charge in [-0.25, -0.2) is 0 Å². The van der Waals surface area contributed by atoms with Gasteiger partial charge in [0.25, 0.3) is 0 Å². The van der Waals surface area contributed by atoms with Crippen LogP contribution >= 0.6 is 0 Å². The summed E-state index contributed by atoms with van der Waals surface area (Å²) in [5, 5.41) is 10.5. The maximum absolute atomic E-state index is 10.5. The Bertz CT molecular complexity index is 433. The zero-order chi connectivity index (χ0) is 14.0. The van der Waals surface area contributed by atoms with Crippen molar-refractivity contribution in [1.29, 1.82) is 0 Å². The van der Waals surface area contributed by atoms with E-state index in [1.165, 1.54) is 30.4 Å². The lowest BCUT2D eigenvalue weighted by molar-refractivity contribution is -0.157. The fraction of sp³-hybridized carbons (Fsp3) is 0.667. The monoisotopic (exact) mass is 274 g/mol. The third-order valence-corrected chi connectivity index (χ3v) is 5.19. The minimum Gasteiger partial charge on any atom is -0.393 e. The summed E-state index contributed by atoms with van der Waals surface area (Å²) in [5.41, 5.74) is 2.78. The zero-order valence-electron chi connectivity index (χ0n) is 12.5. The summed E-state index contributed by atoms with van der Waals surface area (Å²) in [6.45, 7) is 2.95. The SMILES string of the molecule is Cc1ccc(CCC(O)C2CCOC3(CCC3)C2)cc1. The molecule has 110 valence electrons. The average molecular weight is 274 g/mol. The van der Waals surface area contributed by atoms with Crippen LogP contribution in [0, 0.1) is 12.8 Å². The molecule has 1 aliphatic carbocycles. The van der Waals surface area contributed by atoms with Crippen molar-refractivity contribution in [3.63, 3.8) is 0 Å². The van der Waals surface area contributed by atoms with E-state index in [0.29, 0.717) is 5.92 Å². The molecule has 0 bridgehead atoms. The molecule has 1 saturated heterocycles. The molecule has 2 atom stereocenters. The molecule has 0 radical (unpaired) electrons. The second-order valence-electron chi connectivity index (χ2n) is 6.73. The Morgan fingerprint density at radius 2 is 2.05 bits per heavy atom. The Morgan fingerprint density at radius 1 is 1.30 bits per heavy atom. The lowest BCUT2D eigenvalue weighted by Gasteiger charge is -2.48.